The molecule has 0 aliphatic carbocycles. The van der Waals surface area contributed by atoms with Crippen LogP contribution in [0.3, 0.4) is 0 Å². The van der Waals surface area contributed by atoms with E-state index in [9.17, 15) is 9.59 Å². The van der Waals surface area contributed by atoms with Gasteiger partial charge >= 0.3 is 5.97 Å². The van der Waals surface area contributed by atoms with Gasteiger partial charge in [0.1, 0.15) is 23.0 Å². The lowest BCUT2D eigenvalue weighted by atomic mass is 10.1. The summed E-state index contributed by atoms with van der Waals surface area (Å²) >= 11 is 7.42. The van der Waals surface area contributed by atoms with Crippen LogP contribution in [0.15, 0.2) is 60.7 Å². The molecule has 1 N–H and O–H groups in total. The maximum Gasteiger partial charge on any atom is 0.348 e. The topological polar surface area (TPSA) is 73.9 Å². The fraction of sp³-hybridized carbons (Fsp3) is 0.154. The van der Waals surface area contributed by atoms with Crippen LogP contribution < -0.4 is 14.8 Å². The number of esters is 1. The molecule has 0 aliphatic heterocycles. The van der Waals surface area contributed by atoms with Crippen molar-refractivity contribution in [3.05, 3.63) is 87.3 Å². The molecule has 4 aromatic rings. The Bertz CT molecular complexity index is 1380. The first-order valence-electron chi connectivity index (χ1n) is 10.4. The summed E-state index contributed by atoms with van der Waals surface area (Å²) in [6.45, 7) is 2.13. The predicted octanol–water partition coefficient (Wildman–Crippen LogP) is 6.49. The van der Waals surface area contributed by atoms with Crippen molar-refractivity contribution in [2.45, 2.75) is 13.5 Å². The van der Waals surface area contributed by atoms with Crippen molar-refractivity contribution >= 4 is 50.6 Å². The number of hydrogen-bond donors (Lipinski definition) is 1. The van der Waals surface area contributed by atoms with Crippen LogP contribution in [0.1, 0.15) is 31.2 Å². The fourth-order valence-electron chi connectivity index (χ4n) is 3.43. The van der Waals surface area contributed by atoms with Crippen molar-refractivity contribution in [2.75, 3.05) is 19.5 Å². The Kier molecular flexibility index (Phi) is 7.05. The van der Waals surface area contributed by atoms with Crippen LogP contribution in [0, 0.1) is 6.92 Å². The second-order valence-corrected chi connectivity index (χ2v) is 9.03. The molecule has 0 bridgehead atoms. The average Bonchev–Trinajstić information content (AvgIpc) is 3.27. The lowest BCUT2D eigenvalue weighted by Crippen LogP contribution is -2.12. The normalized spacial score (nSPS) is 10.7. The Hall–Kier alpha value is -3.55. The summed E-state index contributed by atoms with van der Waals surface area (Å²) in [5, 5.41) is 4.43. The van der Waals surface area contributed by atoms with Gasteiger partial charge < -0.3 is 19.5 Å². The molecule has 0 atom stereocenters. The van der Waals surface area contributed by atoms with Gasteiger partial charge in [0.2, 0.25) is 0 Å². The Morgan fingerprint density at radius 1 is 1.00 bits per heavy atom. The summed E-state index contributed by atoms with van der Waals surface area (Å²) in [5.74, 6) is 0.647. The molecule has 0 saturated carbocycles. The molecule has 3 aromatic carbocycles. The molecular formula is C26H22ClNO5S. The van der Waals surface area contributed by atoms with Crippen LogP contribution >= 0.6 is 22.9 Å². The van der Waals surface area contributed by atoms with Gasteiger partial charge in [0.25, 0.3) is 5.91 Å². The van der Waals surface area contributed by atoms with Crippen LogP contribution in [-0.2, 0) is 11.3 Å². The molecule has 0 spiro atoms. The number of thiophene rings is 1. The van der Waals surface area contributed by atoms with Gasteiger partial charge in [-0.15, -0.1) is 11.3 Å². The number of carbonyl (C=O) groups is 2. The maximum absolute atomic E-state index is 12.9. The first kappa shape index (κ1) is 23.6. The first-order valence-corrected chi connectivity index (χ1v) is 11.6. The van der Waals surface area contributed by atoms with Crippen LogP contribution in [-0.4, -0.2) is 26.1 Å². The van der Waals surface area contributed by atoms with Gasteiger partial charge in [-0.1, -0.05) is 11.6 Å². The van der Waals surface area contributed by atoms with Crippen molar-refractivity contribution in [2.24, 2.45) is 0 Å². The van der Waals surface area contributed by atoms with E-state index in [-0.39, 0.29) is 18.5 Å². The summed E-state index contributed by atoms with van der Waals surface area (Å²) in [5.41, 5.74) is 2.74. The number of aryl methyl sites for hydroxylation is 1. The summed E-state index contributed by atoms with van der Waals surface area (Å²) in [6.07, 6.45) is 0. The minimum Gasteiger partial charge on any atom is -0.496 e. The number of rotatable bonds is 7. The smallest absolute Gasteiger partial charge is 0.348 e. The van der Waals surface area contributed by atoms with E-state index in [1.165, 1.54) is 18.4 Å². The molecule has 1 heterocycles. The molecule has 34 heavy (non-hydrogen) atoms. The predicted molar refractivity (Wildman–Crippen MR) is 135 cm³/mol. The molecule has 0 aliphatic rings. The highest BCUT2D eigenvalue weighted by atomic mass is 35.5. The fourth-order valence-corrected chi connectivity index (χ4v) is 4.51. The van der Waals surface area contributed by atoms with E-state index in [2.05, 4.69) is 5.32 Å². The molecule has 4 rings (SSSR count). The number of benzene rings is 3. The van der Waals surface area contributed by atoms with E-state index in [1.807, 2.05) is 25.1 Å². The largest absolute Gasteiger partial charge is 0.496 e. The van der Waals surface area contributed by atoms with E-state index in [0.29, 0.717) is 32.6 Å². The van der Waals surface area contributed by atoms with Gasteiger partial charge in [-0.2, -0.15) is 0 Å². The molecule has 6 nitrogen and oxygen atoms in total. The highest BCUT2D eigenvalue weighted by molar-refractivity contribution is 7.20. The Labute approximate surface area is 206 Å². The molecule has 8 heteroatoms. The second kappa shape index (κ2) is 10.2. The summed E-state index contributed by atoms with van der Waals surface area (Å²) < 4.78 is 17.0. The number of methoxy groups -OCH3 is 2. The van der Waals surface area contributed by atoms with Crippen molar-refractivity contribution in [3.63, 3.8) is 0 Å². The van der Waals surface area contributed by atoms with Crippen molar-refractivity contribution in [1.82, 2.24) is 0 Å². The van der Waals surface area contributed by atoms with Gasteiger partial charge in [-0.05, 0) is 78.5 Å². The van der Waals surface area contributed by atoms with Crippen LogP contribution in [0.4, 0.5) is 5.69 Å². The number of halogens is 1. The second-order valence-electron chi connectivity index (χ2n) is 7.54. The van der Waals surface area contributed by atoms with Crippen LogP contribution in [0.2, 0.25) is 5.02 Å². The van der Waals surface area contributed by atoms with E-state index in [1.54, 1.807) is 49.6 Å². The number of anilines is 1. The molecule has 0 saturated heterocycles. The zero-order chi connectivity index (χ0) is 24.2. The minimum atomic E-state index is -0.381. The maximum atomic E-state index is 12.9. The standard InChI is InChI=1S/C26H22ClNO5S/c1-15-10-20(6-7-21(15)27)33-14-18-11-16(4-8-22(18)31-2)25(29)28-19-5-9-23-17(12-19)13-24(34-23)26(30)32-3/h4-13H,14H2,1-3H3,(H,28,29). The number of nitrogens with one attached hydrogen (secondary N) is 1. The zero-order valence-electron chi connectivity index (χ0n) is 18.8. The lowest BCUT2D eigenvalue weighted by molar-refractivity contribution is 0.0606. The summed E-state index contributed by atoms with van der Waals surface area (Å²) in [7, 11) is 2.92. The first-order chi connectivity index (χ1) is 16.4. The van der Waals surface area contributed by atoms with Crippen molar-refractivity contribution in [1.29, 1.82) is 0 Å². The van der Waals surface area contributed by atoms with Crippen molar-refractivity contribution in [3.8, 4) is 11.5 Å². The number of hydrogen-bond acceptors (Lipinski definition) is 6. The molecule has 0 unspecified atom stereocenters. The molecular weight excluding hydrogens is 474 g/mol. The molecule has 174 valence electrons. The van der Waals surface area contributed by atoms with E-state index < -0.39 is 0 Å². The highest BCUT2D eigenvalue weighted by Gasteiger charge is 2.14. The average molecular weight is 496 g/mol. The van der Waals surface area contributed by atoms with Crippen LogP contribution in [0.25, 0.3) is 10.1 Å². The monoisotopic (exact) mass is 495 g/mol. The van der Waals surface area contributed by atoms with Crippen LogP contribution in [0.5, 0.6) is 11.5 Å². The SMILES string of the molecule is COC(=O)c1cc2cc(NC(=O)c3ccc(OC)c(COc4ccc(Cl)c(C)c4)c3)ccc2s1. The van der Waals surface area contributed by atoms with Gasteiger partial charge in [0.15, 0.2) is 0 Å². The Morgan fingerprint density at radius 3 is 2.56 bits per heavy atom. The van der Waals surface area contributed by atoms with E-state index in [4.69, 9.17) is 25.8 Å². The minimum absolute atomic E-state index is 0.225. The van der Waals surface area contributed by atoms with Gasteiger partial charge in [-0.3, -0.25) is 4.79 Å². The van der Waals surface area contributed by atoms with E-state index in [0.717, 1.165) is 21.2 Å². The quantitative estimate of drug-likeness (QED) is 0.297. The van der Waals surface area contributed by atoms with Gasteiger partial charge in [0.05, 0.1) is 14.2 Å². The summed E-state index contributed by atoms with van der Waals surface area (Å²) in [4.78, 5) is 25.2. The van der Waals surface area contributed by atoms with Crippen molar-refractivity contribution < 1.29 is 23.8 Å². The number of carbonyl (C=O) groups excluding carboxylic acids is 2. The number of fused-ring (bicyclic) bond motifs is 1. The number of ether oxygens (including phenoxy) is 3. The third-order valence-corrected chi connectivity index (χ3v) is 6.75. The molecule has 1 aromatic heterocycles. The third kappa shape index (κ3) is 5.16. The molecule has 0 fully saturated rings. The summed E-state index contributed by atoms with van der Waals surface area (Å²) in [6, 6.07) is 17.9. The molecule has 0 radical (unpaired) electrons. The van der Waals surface area contributed by atoms with E-state index >= 15 is 0 Å². The lowest BCUT2D eigenvalue weighted by Gasteiger charge is -2.13. The zero-order valence-corrected chi connectivity index (χ0v) is 20.4. The molecule has 1 amide bonds. The van der Waals surface area contributed by atoms with Gasteiger partial charge in [0, 0.05) is 26.5 Å². The Morgan fingerprint density at radius 2 is 1.82 bits per heavy atom. The Balaban J connectivity index is 1.51. The van der Waals surface area contributed by atoms with Gasteiger partial charge in [-0.25, -0.2) is 4.79 Å². The third-order valence-electron chi connectivity index (χ3n) is 5.23. The number of amides is 1. The highest BCUT2D eigenvalue weighted by Crippen LogP contribution is 2.29.